The van der Waals surface area contributed by atoms with Crippen LogP contribution in [0.25, 0.3) is 11.3 Å². The van der Waals surface area contributed by atoms with E-state index >= 15 is 0 Å². The molecule has 1 heterocycles. The Morgan fingerprint density at radius 3 is 2.50 bits per heavy atom. The summed E-state index contributed by atoms with van der Waals surface area (Å²) in [6.07, 6.45) is 4.21. The second-order valence-electron chi connectivity index (χ2n) is 9.29. The van der Waals surface area contributed by atoms with E-state index in [1.54, 1.807) is 42.5 Å². The Labute approximate surface area is 220 Å². The topological polar surface area (TPSA) is 181 Å². The molecule has 1 aliphatic carbocycles. The van der Waals surface area contributed by atoms with E-state index in [2.05, 4.69) is 20.9 Å². The van der Waals surface area contributed by atoms with E-state index in [4.69, 9.17) is 16.9 Å². The van der Waals surface area contributed by atoms with Crippen molar-refractivity contribution in [3.8, 4) is 11.3 Å². The van der Waals surface area contributed by atoms with Gasteiger partial charge in [-0.25, -0.2) is 4.98 Å². The summed E-state index contributed by atoms with van der Waals surface area (Å²) >= 11 is 0. The molecule has 38 heavy (non-hydrogen) atoms. The molecule has 4 rings (SSSR count). The van der Waals surface area contributed by atoms with Gasteiger partial charge in [0.15, 0.2) is 5.82 Å². The molecule has 0 spiro atoms. The maximum Gasteiger partial charge on any atom is 0.294 e. The molecule has 8 N–H and O–H groups in total. The van der Waals surface area contributed by atoms with Crippen LogP contribution in [0.4, 0.5) is 11.5 Å². The molecular weight excluding hydrogens is 484 g/mol. The quantitative estimate of drug-likeness (QED) is 0.128. The van der Waals surface area contributed by atoms with E-state index in [9.17, 15) is 14.4 Å². The number of aromatic nitrogens is 2. The minimum absolute atomic E-state index is 0.0339. The third-order valence-corrected chi connectivity index (χ3v) is 6.08. The molecule has 0 bridgehead atoms. The van der Waals surface area contributed by atoms with Gasteiger partial charge in [-0.3, -0.25) is 24.4 Å². The summed E-state index contributed by atoms with van der Waals surface area (Å²) in [6.45, 7) is 2.46. The van der Waals surface area contributed by atoms with Crippen LogP contribution in [-0.2, 0) is 17.9 Å². The molecule has 1 saturated carbocycles. The van der Waals surface area contributed by atoms with Crippen LogP contribution in [0, 0.1) is 5.41 Å². The molecular formula is C27H32N8O3. The monoisotopic (exact) mass is 516 g/mol. The number of nitrogens with zero attached hydrogens (tertiary/aromatic N) is 2. The largest absolute Gasteiger partial charge is 0.399 e. The zero-order chi connectivity index (χ0) is 27.2. The van der Waals surface area contributed by atoms with Gasteiger partial charge in [-0.2, -0.15) is 0 Å². The lowest BCUT2D eigenvalue weighted by atomic mass is 10.1. The van der Waals surface area contributed by atoms with Crippen molar-refractivity contribution in [3.05, 3.63) is 75.7 Å². The van der Waals surface area contributed by atoms with E-state index in [1.165, 1.54) is 10.8 Å². The average molecular weight is 517 g/mol. The minimum Gasteiger partial charge on any atom is -0.399 e. The summed E-state index contributed by atoms with van der Waals surface area (Å²) in [5, 5.41) is 16.3. The molecule has 0 radical (unpaired) electrons. The normalized spacial score (nSPS) is 12.6. The van der Waals surface area contributed by atoms with E-state index < -0.39 is 5.56 Å². The van der Waals surface area contributed by atoms with E-state index in [1.807, 2.05) is 6.92 Å². The molecule has 198 valence electrons. The van der Waals surface area contributed by atoms with Gasteiger partial charge in [-0.15, -0.1) is 0 Å². The number of anilines is 2. The summed E-state index contributed by atoms with van der Waals surface area (Å²) in [7, 11) is 0. The van der Waals surface area contributed by atoms with Crippen molar-refractivity contribution < 1.29 is 9.59 Å². The summed E-state index contributed by atoms with van der Waals surface area (Å²) in [5.41, 5.74) is 14.1. The Morgan fingerprint density at radius 1 is 1.11 bits per heavy atom. The molecule has 0 saturated heterocycles. The average Bonchev–Trinajstić information content (AvgIpc) is 3.72. The summed E-state index contributed by atoms with van der Waals surface area (Å²) in [4.78, 5) is 43.3. The first-order chi connectivity index (χ1) is 18.2. The van der Waals surface area contributed by atoms with Crippen LogP contribution in [-0.4, -0.2) is 39.8 Å². The molecule has 1 fully saturated rings. The van der Waals surface area contributed by atoms with Crippen LogP contribution in [0.15, 0.2) is 53.5 Å². The van der Waals surface area contributed by atoms with Crippen LogP contribution in [0.2, 0.25) is 0 Å². The van der Waals surface area contributed by atoms with E-state index in [-0.39, 0.29) is 42.6 Å². The Bertz CT molecular complexity index is 1410. The second-order valence-corrected chi connectivity index (χ2v) is 9.29. The Kier molecular flexibility index (Phi) is 8.05. The van der Waals surface area contributed by atoms with E-state index in [0.29, 0.717) is 34.6 Å². The maximum atomic E-state index is 13.4. The van der Waals surface area contributed by atoms with E-state index in [0.717, 1.165) is 24.8 Å². The van der Waals surface area contributed by atoms with Gasteiger partial charge >= 0.3 is 0 Å². The molecule has 0 aliphatic heterocycles. The lowest BCUT2D eigenvalue weighted by Crippen LogP contribution is -2.34. The number of hydrogen-bond donors (Lipinski definition) is 6. The van der Waals surface area contributed by atoms with Gasteiger partial charge in [0.2, 0.25) is 5.91 Å². The number of rotatable bonds is 11. The highest BCUT2D eigenvalue weighted by Gasteiger charge is 2.24. The minimum atomic E-state index is -0.435. The van der Waals surface area contributed by atoms with Gasteiger partial charge in [0.25, 0.3) is 11.5 Å². The number of nitrogen functional groups attached to an aromatic ring is 2. The number of nitrogens with one attached hydrogen (secondary N) is 4. The molecule has 2 amide bonds. The summed E-state index contributed by atoms with van der Waals surface area (Å²) < 4.78 is 1.34. The first kappa shape index (κ1) is 26.4. The summed E-state index contributed by atoms with van der Waals surface area (Å²) in [5.74, 6) is -0.512. The summed E-state index contributed by atoms with van der Waals surface area (Å²) in [6, 6.07) is 12.0. The number of amidine groups is 1. The predicted molar refractivity (Wildman–Crippen MR) is 147 cm³/mol. The van der Waals surface area contributed by atoms with Crippen molar-refractivity contribution in [1.82, 2.24) is 20.2 Å². The first-order valence-corrected chi connectivity index (χ1v) is 12.5. The highest BCUT2D eigenvalue weighted by Crippen LogP contribution is 2.25. The molecule has 1 aromatic heterocycles. The molecule has 11 heteroatoms. The molecule has 11 nitrogen and oxygen atoms in total. The van der Waals surface area contributed by atoms with Crippen LogP contribution in [0.3, 0.4) is 0 Å². The highest BCUT2D eigenvalue weighted by molar-refractivity contribution is 5.96. The van der Waals surface area contributed by atoms with Gasteiger partial charge < -0.3 is 27.4 Å². The Morgan fingerprint density at radius 2 is 1.84 bits per heavy atom. The van der Waals surface area contributed by atoms with Gasteiger partial charge in [-0.1, -0.05) is 31.2 Å². The smallest absolute Gasteiger partial charge is 0.294 e. The standard InChI is InChI=1S/C27H32N8O3/c1-2-9-31-26(37)19-10-18(11-20(28)12-19)22-14-33-25(34-21-7-8-21)27(38)35(22)15-23(36)32-13-16-3-5-17(6-4-16)24(29)30/h3-6,10-12,14,21H,2,7-9,13,15,28H2,1H3,(H3,29,30)(H,31,37)(H,32,36)(H,33,34). The van der Waals surface area contributed by atoms with Crippen molar-refractivity contribution in [2.45, 2.75) is 45.3 Å². The Hall–Kier alpha value is -4.67. The van der Waals surface area contributed by atoms with Gasteiger partial charge in [-0.05, 0) is 43.0 Å². The number of hydrogen-bond acceptors (Lipinski definition) is 7. The SMILES string of the molecule is CCCNC(=O)c1cc(N)cc(-c2cnc(NC3CC3)c(=O)n2CC(=O)NCc2ccc(C(=N)N)cc2)c1. The van der Waals surface area contributed by atoms with Crippen LogP contribution < -0.4 is 33.0 Å². The second kappa shape index (κ2) is 11.6. The number of carbonyl (C=O) groups excluding carboxylic acids is 2. The molecule has 2 aromatic carbocycles. The van der Waals surface area contributed by atoms with Crippen molar-refractivity contribution >= 4 is 29.2 Å². The van der Waals surface area contributed by atoms with Crippen LogP contribution in [0.5, 0.6) is 0 Å². The lowest BCUT2D eigenvalue weighted by Gasteiger charge is -2.16. The van der Waals surface area contributed by atoms with Crippen molar-refractivity contribution in [1.29, 1.82) is 5.41 Å². The zero-order valence-electron chi connectivity index (χ0n) is 21.2. The maximum absolute atomic E-state index is 13.4. The number of nitrogens with two attached hydrogens (primary N) is 2. The predicted octanol–water partition coefficient (Wildman–Crippen LogP) is 1.81. The third-order valence-electron chi connectivity index (χ3n) is 6.08. The third kappa shape index (κ3) is 6.55. The van der Waals surface area contributed by atoms with Crippen molar-refractivity contribution in [2.24, 2.45) is 5.73 Å². The molecule has 0 atom stereocenters. The number of benzene rings is 2. The zero-order valence-corrected chi connectivity index (χ0v) is 21.2. The molecule has 3 aromatic rings. The first-order valence-electron chi connectivity index (χ1n) is 12.5. The Balaban J connectivity index is 1.61. The highest BCUT2D eigenvalue weighted by atomic mass is 16.2. The fraction of sp³-hybridized carbons (Fsp3) is 0.296. The van der Waals surface area contributed by atoms with Crippen molar-refractivity contribution in [2.75, 3.05) is 17.6 Å². The van der Waals surface area contributed by atoms with Gasteiger partial charge in [0, 0.05) is 41.5 Å². The van der Waals surface area contributed by atoms with Gasteiger partial charge in [0.05, 0.1) is 11.9 Å². The number of carbonyl (C=O) groups is 2. The fourth-order valence-electron chi connectivity index (χ4n) is 3.87. The van der Waals surface area contributed by atoms with Crippen LogP contribution >= 0.6 is 0 Å². The molecule has 0 unspecified atom stereocenters. The fourth-order valence-corrected chi connectivity index (χ4v) is 3.87. The van der Waals surface area contributed by atoms with Crippen LogP contribution in [0.1, 0.15) is 47.7 Å². The number of amides is 2. The molecule has 1 aliphatic rings. The van der Waals surface area contributed by atoms with Crippen molar-refractivity contribution in [3.63, 3.8) is 0 Å². The lowest BCUT2D eigenvalue weighted by molar-refractivity contribution is -0.121. The van der Waals surface area contributed by atoms with Gasteiger partial charge in [0.1, 0.15) is 12.4 Å².